The van der Waals surface area contributed by atoms with E-state index in [1.807, 2.05) is 11.3 Å². The van der Waals surface area contributed by atoms with Crippen LogP contribution < -0.4 is 0 Å². The molecule has 1 aromatic heterocycles. The Bertz CT molecular complexity index is 3610. The van der Waals surface area contributed by atoms with Gasteiger partial charge in [-0.05, 0) is 115 Å². The molecule has 0 atom stereocenters. The van der Waals surface area contributed by atoms with E-state index >= 15 is 0 Å². The van der Waals surface area contributed by atoms with Gasteiger partial charge in [0.25, 0.3) is 0 Å². The number of nitrogens with zero attached hydrogens (tertiary/aromatic N) is 2. The van der Waals surface area contributed by atoms with Crippen molar-refractivity contribution < 1.29 is 0 Å². The van der Waals surface area contributed by atoms with Gasteiger partial charge in [0.2, 0.25) is 0 Å². The summed E-state index contributed by atoms with van der Waals surface area (Å²) >= 11 is 1.93. The lowest BCUT2D eigenvalue weighted by molar-refractivity contribution is 0.660. The Morgan fingerprint density at radius 1 is 0.419 bits per heavy atom. The van der Waals surface area contributed by atoms with Crippen molar-refractivity contribution in [3.63, 3.8) is 0 Å². The highest BCUT2D eigenvalue weighted by molar-refractivity contribution is 7.26. The van der Waals surface area contributed by atoms with Crippen molar-refractivity contribution in [3.8, 4) is 44.5 Å². The average Bonchev–Trinajstić information content (AvgIpc) is 3.88. The van der Waals surface area contributed by atoms with Gasteiger partial charge in [0.1, 0.15) is 0 Å². The minimum absolute atomic E-state index is 0.0431. The fourth-order valence-electron chi connectivity index (χ4n) is 10.9. The summed E-state index contributed by atoms with van der Waals surface area (Å²) in [7, 11) is 0. The van der Waals surface area contributed by atoms with Crippen LogP contribution in [0.15, 0.2) is 174 Å². The summed E-state index contributed by atoms with van der Waals surface area (Å²) in [5.74, 6) is 0. The van der Waals surface area contributed by atoms with Crippen LogP contribution in [0.3, 0.4) is 0 Å². The van der Waals surface area contributed by atoms with Gasteiger partial charge in [0.15, 0.2) is 0 Å². The number of thiophene rings is 1. The summed E-state index contributed by atoms with van der Waals surface area (Å²) in [6.07, 6.45) is 0. The minimum Gasteiger partial charge on any atom is -0.262 e. The molecule has 0 unspecified atom stereocenters. The van der Waals surface area contributed by atoms with Gasteiger partial charge in [-0.15, -0.1) is 11.3 Å². The van der Waals surface area contributed by atoms with Gasteiger partial charge >= 0.3 is 0 Å². The Kier molecular flexibility index (Phi) is 7.90. The van der Waals surface area contributed by atoms with Crippen molar-refractivity contribution in [2.45, 2.75) is 45.4 Å². The van der Waals surface area contributed by atoms with Gasteiger partial charge in [-0.3, -0.25) is 9.98 Å². The molecule has 0 spiro atoms. The monoisotopic (exact) mass is 812 g/mol. The Labute approximate surface area is 366 Å². The van der Waals surface area contributed by atoms with Gasteiger partial charge in [-0.25, -0.2) is 0 Å². The lowest BCUT2D eigenvalue weighted by Gasteiger charge is -2.22. The van der Waals surface area contributed by atoms with Gasteiger partial charge in [-0.2, -0.15) is 0 Å². The molecule has 2 aliphatic rings. The topological polar surface area (TPSA) is 24.7 Å². The summed E-state index contributed by atoms with van der Waals surface area (Å²) in [5.41, 5.74) is 19.4. The van der Waals surface area contributed by atoms with Crippen molar-refractivity contribution in [1.29, 1.82) is 0 Å². The minimum atomic E-state index is -0.206. The van der Waals surface area contributed by atoms with E-state index in [0.29, 0.717) is 0 Å². The Balaban J connectivity index is 0.929. The third kappa shape index (κ3) is 5.15. The molecule has 0 saturated carbocycles. The molecule has 2 nitrogen and oxygen atoms in total. The third-order valence-corrected chi connectivity index (χ3v) is 15.4. The molecule has 0 amide bonds. The molecule has 0 fully saturated rings. The third-order valence-electron chi connectivity index (χ3n) is 14.1. The molecule has 296 valence electrons. The highest BCUT2D eigenvalue weighted by Crippen LogP contribution is 2.53. The fraction of sp³-hybridized carbons (Fsp3) is 0.119. The molecule has 12 rings (SSSR count). The van der Waals surface area contributed by atoms with Crippen LogP contribution in [0.4, 0.5) is 11.4 Å². The van der Waals surface area contributed by atoms with Crippen LogP contribution >= 0.6 is 11.3 Å². The lowest BCUT2D eigenvalue weighted by atomic mass is 9.81. The molecule has 0 radical (unpaired) electrons. The molecule has 0 saturated heterocycles. The number of hydrogen-bond acceptors (Lipinski definition) is 3. The summed E-state index contributed by atoms with van der Waals surface area (Å²) in [6, 6.07) is 60.7. The molecular weight excluding hydrogens is 769 g/mol. The molecule has 9 aromatic carbocycles. The smallest absolute Gasteiger partial charge is 0.0974 e. The van der Waals surface area contributed by atoms with Crippen molar-refractivity contribution in [2.24, 2.45) is 9.98 Å². The van der Waals surface area contributed by atoms with Crippen LogP contribution in [-0.2, 0) is 10.8 Å². The van der Waals surface area contributed by atoms with E-state index in [1.54, 1.807) is 0 Å². The first kappa shape index (κ1) is 36.9. The van der Waals surface area contributed by atoms with Gasteiger partial charge in [0.05, 0.1) is 11.4 Å². The first-order valence-corrected chi connectivity index (χ1v) is 22.4. The zero-order valence-corrected chi connectivity index (χ0v) is 36.4. The Morgan fingerprint density at radius 2 is 0.855 bits per heavy atom. The second kappa shape index (κ2) is 13.3. The molecule has 10 aromatic rings. The second-order valence-electron chi connectivity index (χ2n) is 18.2. The SMILES string of the molecule is C=Nc1c(/N=C(\C)c2ccc3c(c2)C(C)(C)c2cc(-c4cccc5c4sc4c(-c6ccc7c(c6)C(C)(C)c6ccccc6-7)cccc45)ccc2-3)c2ccccc2c2ccccc12. The molecule has 1 heterocycles. The summed E-state index contributed by atoms with van der Waals surface area (Å²) in [6.45, 7) is 15.6. The van der Waals surface area contributed by atoms with E-state index in [4.69, 9.17) is 4.99 Å². The van der Waals surface area contributed by atoms with Crippen LogP contribution in [-0.4, -0.2) is 12.4 Å². The molecular formula is C59H44N2S. The highest BCUT2D eigenvalue weighted by atomic mass is 32.1. The maximum absolute atomic E-state index is 5.34. The highest BCUT2D eigenvalue weighted by Gasteiger charge is 2.37. The average molecular weight is 813 g/mol. The van der Waals surface area contributed by atoms with E-state index in [0.717, 1.165) is 38.8 Å². The van der Waals surface area contributed by atoms with Crippen LogP contribution in [0.1, 0.15) is 62.4 Å². The van der Waals surface area contributed by atoms with E-state index in [2.05, 4.69) is 210 Å². The largest absolute Gasteiger partial charge is 0.262 e. The van der Waals surface area contributed by atoms with E-state index in [-0.39, 0.29) is 10.8 Å². The maximum Gasteiger partial charge on any atom is 0.0974 e. The zero-order valence-electron chi connectivity index (χ0n) is 35.6. The second-order valence-corrected chi connectivity index (χ2v) is 19.2. The summed E-state index contributed by atoms with van der Waals surface area (Å²) in [5, 5.41) is 7.12. The number of benzene rings is 9. The number of hydrogen-bond donors (Lipinski definition) is 0. The zero-order chi connectivity index (χ0) is 42.1. The normalized spacial score (nSPS) is 14.6. The van der Waals surface area contributed by atoms with Gasteiger partial charge < -0.3 is 0 Å². The van der Waals surface area contributed by atoms with E-state index < -0.39 is 0 Å². The summed E-state index contributed by atoms with van der Waals surface area (Å²) < 4.78 is 2.68. The van der Waals surface area contributed by atoms with Crippen LogP contribution in [0.5, 0.6) is 0 Å². The quantitative estimate of drug-likeness (QED) is 0.122. The molecule has 2 aliphatic carbocycles. The summed E-state index contributed by atoms with van der Waals surface area (Å²) in [4.78, 5) is 9.89. The molecule has 0 aliphatic heterocycles. The molecule has 0 bridgehead atoms. The maximum atomic E-state index is 5.34. The fourth-order valence-corrected chi connectivity index (χ4v) is 12.3. The van der Waals surface area contributed by atoms with Crippen molar-refractivity contribution in [2.75, 3.05) is 0 Å². The number of rotatable bonds is 5. The van der Waals surface area contributed by atoms with Crippen molar-refractivity contribution >= 4 is 76.9 Å². The van der Waals surface area contributed by atoms with Crippen molar-refractivity contribution in [1.82, 2.24) is 0 Å². The Hall–Kier alpha value is -6.94. The first-order chi connectivity index (χ1) is 30.1. The number of fused-ring (bicyclic) bond motifs is 12. The van der Waals surface area contributed by atoms with E-state index in [9.17, 15) is 0 Å². The van der Waals surface area contributed by atoms with Gasteiger partial charge in [0, 0.05) is 47.5 Å². The predicted octanol–water partition coefficient (Wildman–Crippen LogP) is 16.8. The van der Waals surface area contributed by atoms with Crippen molar-refractivity contribution in [3.05, 3.63) is 192 Å². The van der Waals surface area contributed by atoms with Crippen LogP contribution in [0.2, 0.25) is 0 Å². The standard InChI is InChI=1S/C59H44N2S/c1-34(61-55-47-19-10-8-16-41(47)40-15-7-9-18-46(40)54(55)60-6)35-25-28-44-45-30-27-37(33-53(45)59(4,5)51(44)31-35)39-21-14-23-49-48-22-13-20-38(56(48)62-57(39)49)36-26-29-43-42-17-11-12-24-50(42)58(2,3)52(43)32-36/h7-33H,6H2,1-5H3/b61-34+. The molecule has 0 N–H and O–H groups in total. The van der Waals surface area contributed by atoms with Crippen LogP contribution in [0.25, 0.3) is 86.2 Å². The van der Waals surface area contributed by atoms with E-state index in [1.165, 1.54) is 92.3 Å². The number of aliphatic imine (C=N–C) groups is 2. The van der Waals surface area contributed by atoms with Gasteiger partial charge in [-0.1, -0.05) is 173 Å². The first-order valence-electron chi connectivity index (χ1n) is 21.6. The Morgan fingerprint density at radius 3 is 1.44 bits per heavy atom. The van der Waals surface area contributed by atoms with Crippen LogP contribution in [0, 0.1) is 0 Å². The lowest BCUT2D eigenvalue weighted by Crippen LogP contribution is -2.15. The predicted molar refractivity (Wildman–Crippen MR) is 268 cm³/mol. The molecule has 3 heteroatoms. The molecule has 62 heavy (non-hydrogen) atoms.